The van der Waals surface area contributed by atoms with Crippen molar-refractivity contribution in [1.82, 2.24) is 0 Å². The van der Waals surface area contributed by atoms with Gasteiger partial charge in [0.1, 0.15) is 11.3 Å². The Balaban J connectivity index is 4.46. The average Bonchev–Trinajstić information content (AvgIpc) is 2.16. The summed E-state index contributed by atoms with van der Waals surface area (Å²) >= 11 is 1.21. The van der Waals surface area contributed by atoms with Crippen LogP contribution in [0, 0.1) is 0 Å². The molecule has 0 aliphatic rings. The maximum absolute atomic E-state index is 11.4. The summed E-state index contributed by atoms with van der Waals surface area (Å²) in [6.45, 7) is 7.12. The maximum Gasteiger partial charge on any atom is 0.321 e. The van der Waals surface area contributed by atoms with Gasteiger partial charge in [0.15, 0.2) is 0 Å². The molecule has 0 bridgehead atoms. The van der Waals surface area contributed by atoms with Crippen LogP contribution in [0.4, 0.5) is 0 Å². The van der Waals surface area contributed by atoms with Gasteiger partial charge < -0.3 is 15.6 Å². The first-order valence-corrected chi connectivity index (χ1v) is 5.93. The molecule has 0 amide bonds. The zero-order valence-electron chi connectivity index (χ0n) is 10.0. The van der Waals surface area contributed by atoms with Gasteiger partial charge in [-0.25, -0.2) is 0 Å². The van der Waals surface area contributed by atoms with Crippen LogP contribution in [0.25, 0.3) is 0 Å². The van der Waals surface area contributed by atoms with E-state index in [0.29, 0.717) is 6.61 Å². The Morgan fingerprint density at radius 1 is 1.50 bits per heavy atom. The van der Waals surface area contributed by atoms with Gasteiger partial charge in [0, 0.05) is 4.75 Å². The van der Waals surface area contributed by atoms with E-state index in [1.165, 1.54) is 11.8 Å². The molecule has 0 rings (SSSR count). The molecular formula is C10H19NO4S. The second-order valence-corrected chi connectivity index (χ2v) is 5.93. The molecule has 16 heavy (non-hydrogen) atoms. The molecule has 3 N–H and O–H groups in total. The Morgan fingerprint density at radius 2 is 2.00 bits per heavy atom. The highest BCUT2D eigenvalue weighted by Gasteiger charge is 2.36. The van der Waals surface area contributed by atoms with Crippen LogP contribution in [0.1, 0.15) is 27.7 Å². The maximum atomic E-state index is 11.4. The molecule has 6 heteroatoms. The van der Waals surface area contributed by atoms with Gasteiger partial charge in [0.2, 0.25) is 0 Å². The van der Waals surface area contributed by atoms with Crippen molar-refractivity contribution in [3.8, 4) is 0 Å². The second-order valence-electron chi connectivity index (χ2n) is 3.93. The molecular weight excluding hydrogens is 230 g/mol. The average molecular weight is 249 g/mol. The predicted octanol–water partition coefficient (Wildman–Crippen LogP) is 0.862. The van der Waals surface area contributed by atoms with Crippen LogP contribution >= 0.6 is 11.8 Å². The van der Waals surface area contributed by atoms with Gasteiger partial charge in [-0.3, -0.25) is 9.59 Å². The molecule has 2 atom stereocenters. The number of aliphatic carboxylic acids is 1. The van der Waals surface area contributed by atoms with Crippen LogP contribution in [0.2, 0.25) is 0 Å². The summed E-state index contributed by atoms with van der Waals surface area (Å²) in [5.74, 6) is -1.42. The molecule has 0 heterocycles. The lowest BCUT2D eigenvalue weighted by Gasteiger charge is -2.30. The van der Waals surface area contributed by atoms with E-state index in [2.05, 4.69) is 0 Å². The molecule has 0 saturated carbocycles. The summed E-state index contributed by atoms with van der Waals surface area (Å²) in [4.78, 5) is 22.2. The molecule has 0 radical (unpaired) electrons. The molecule has 0 aromatic heterocycles. The van der Waals surface area contributed by atoms with Crippen LogP contribution in [0.5, 0.6) is 0 Å². The van der Waals surface area contributed by atoms with Crippen molar-refractivity contribution in [2.45, 2.75) is 43.7 Å². The third-order valence-electron chi connectivity index (χ3n) is 2.11. The number of rotatable bonds is 6. The van der Waals surface area contributed by atoms with E-state index in [0.717, 1.165) is 0 Å². The number of ether oxygens (including phenoxy) is 1. The van der Waals surface area contributed by atoms with Gasteiger partial charge in [0.05, 0.1) is 6.61 Å². The lowest BCUT2D eigenvalue weighted by Crippen LogP contribution is -2.48. The lowest BCUT2D eigenvalue weighted by atomic mass is 10.1. The fraction of sp³-hybridized carbons (Fsp3) is 0.800. The summed E-state index contributed by atoms with van der Waals surface area (Å²) in [7, 11) is 0. The smallest absolute Gasteiger partial charge is 0.321 e. The van der Waals surface area contributed by atoms with E-state index in [1.807, 2.05) is 0 Å². The van der Waals surface area contributed by atoms with Crippen LogP contribution in [0.15, 0.2) is 0 Å². The van der Waals surface area contributed by atoms with Gasteiger partial charge in [-0.1, -0.05) is 0 Å². The Hall–Kier alpha value is -0.750. The normalized spacial score (nSPS) is 15.3. The topological polar surface area (TPSA) is 89.6 Å². The monoisotopic (exact) mass is 249 g/mol. The van der Waals surface area contributed by atoms with Crippen molar-refractivity contribution in [3.05, 3.63) is 0 Å². The van der Waals surface area contributed by atoms with Gasteiger partial charge in [-0.2, -0.15) is 0 Å². The first-order valence-electron chi connectivity index (χ1n) is 5.05. The predicted molar refractivity (Wildman–Crippen MR) is 63.4 cm³/mol. The standard InChI is InChI=1S/C10H19NO4S/c1-5-15-9(14)6(2)16-10(3,4)7(11)8(12)13/h6-7H,5,11H2,1-4H3,(H,12,13)/t6?,7-/m0/s1. The number of hydrogen-bond donors (Lipinski definition) is 2. The lowest BCUT2D eigenvalue weighted by molar-refractivity contribution is -0.142. The van der Waals surface area contributed by atoms with Crippen molar-refractivity contribution in [2.24, 2.45) is 5.73 Å². The molecule has 94 valence electrons. The van der Waals surface area contributed by atoms with Gasteiger partial charge in [0.25, 0.3) is 0 Å². The largest absolute Gasteiger partial charge is 0.480 e. The van der Waals surface area contributed by atoms with Crippen LogP contribution in [-0.2, 0) is 14.3 Å². The molecule has 0 aromatic carbocycles. The number of carbonyl (C=O) groups excluding carboxylic acids is 1. The molecule has 0 aromatic rings. The quantitative estimate of drug-likeness (QED) is 0.679. The van der Waals surface area contributed by atoms with Crippen molar-refractivity contribution < 1.29 is 19.4 Å². The van der Waals surface area contributed by atoms with Gasteiger partial charge in [-0.05, 0) is 27.7 Å². The zero-order chi connectivity index (χ0) is 12.9. The van der Waals surface area contributed by atoms with Crippen molar-refractivity contribution in [3.63, 3.8) is 0 Å². The Kier molecular flexibility index (Phi) is 5.81. The van der Waals surface area contributed by atoms with E-state index in [9.17, 15) is 9.59 Å². The van der Waals surface area contributed by atoms with Crippen molar-refractivity contribution in [2.75, 3.05) is 6.61 Å². The van der Waals surface area contributed by atoms with E-state index >= 15 is 0 Å². The Morgan fingerprint density at radius 3 is 2.38 bits per heavy atom. The minimum absolute atomic E-state index is 0.315. The van der Waals surface area contributed by atoms with E-state index in [-0.39, 0.29) is 5.97 Å². The Labute approximate surface area is 99.7 Å². The highest BCUT2D eigenvalue weighted by molar-refractivity contribution is 8.01. The molecule has 1 unspecified atom stereocenters. The number of thioether (sulfide) groups is 1. The van der Waals surface area contributed by atoms with E-state index < -0.39 is 22.0 Å². The number of hydrogen-bond acceptors (Lipinski definition) is 5. The molecule has 0 aliphatic carbocycles. The van der Waals surface area contributed by atoms with Crippen LogP contribution in [0.3, 0.4) is 0 Å². The summed E-state index contributed by atoms with van der Waals surface area (Å²) in [5.41, 5.74) is 5.54. The van der Waals surface area contributed by atoms with E-state index in [1.54, 1.807) is 27.7 Å². The third-order valence-corrected chi connectivity index (χ3v) is 3.52. The third kappa shape index (κ3) is 4.40. The summed E-state index contributed by atoms with van der Waals surface area (Å²) in [6.07, 6.45) is 0. The van der Waals surface area contributed by atoms with Gasteiger partial charge >= 0.3 is 11.9 Å². The first kappa shape index (κ1) is 15.2. The highest BCUT2D eigenvalue weighted by atomic mass is 32.2. The second kappa shape index (κ2) is 6.10. The Bertz CT molecular complexity index is 268. The van der Waals surface area contributed by atoms with E-state index in [4.69, 9.17) is 15.6 Å². The minimum Gasteiger partial charge on any atom is -0.480 e. The number of nitrogens with two attached hydrogens (primary N) is 1. The van der Waals surface area contributed by atoms with Crippen molar-refractivity contribution in [1.29, 1.82) is 0 Å². The van der Waals surface area contributed by atoms with Crippen LogP contribution < -0.4 is 5.73 Å². The summed E-state index contributed by atoms with van der Waals surface area (Å²) < 4.78 is 4.12. The highest BCUT2D eigenvalue weighted by Crippen LogP contribution is 2.31. The first-order chi connectivity index (χ1) is 7.22. The zero-order valence-corrected chi connectivity index (χ0v) is 10.8. The molecule has 0 spiro atoms. The van der Waals surface area contributed by atoms with Crippen molar-refractivity contribution >= 4 is 23.7 Å². The fourth-order valence-electron chi connectivity index (χ4n) is 1.13. The molecule has 0 aliphatic heterocycles. The number of carboxylic acid groups (broad SMARTS) is 1. The minimum atomic E-state index is -1.08. The van der Waals surface area contributed by atoms with Crippen LogP contribution in [-0.4, -0.2) is 39.7 Å². The van der Waals surface area contributed by atoms with Gasteiger partial charge in [-0.15, -0.1) is 11.8 Å². The number of carboxylic acids is 1. The summed E-state index contributed by atoms with van der Waals surface area (Å²) in [6, 6.07) is -1.02. The number of carbonyl (C=O) groups is 2. The fourth-order valence-corrected chi connectivity index (χ4v) is 2.46. The molecule has 0 saturated heterocycles. The number of esters is 1. The summed E-state index contributed by atoms with van der Waals surface area (Å²) in [5, 5.41) is 8.39. The molecule has 5 nitrogen and oxygen atoms in total. The SMILES string of the molecule is CCOC(=O)C(C)SC(C)(C)[C@@H](N)C(=O)O. The molecule has 0 fully saturated rings.